The van der Waals surface area contributed by atoms with Crippen LogP contribution in [-0.2, 0) is 14.3 Å². The average Bonchev–Trinajstić information content (AvgIpc) is 2.67. The van der Waals surface area contributed by atoms with Crippen molar-refractivity contribution in [3.8, 4) is 11.5 Å². The standard InChI is InChI=1S/C19H20N2O5/c1-20-17(22)12-21(2)18(23)13-25-19(24)14-8-10-16(11-9-14)26-15-6-4-3-5-7-15/h3-11H,12-13H2,1-2H3,(H,20,22). The lowest BCUT2D eigenvalue weighted by Gasteiger charge is -2.15. The number of esters is 1. The molecule has 2 aromatic rings. The van der Waals surface area contributed by atoms with Gasteiger partial charge in [-0.2, -0.15) is 0 Å². The Kier molecular flexibility index (Phi) is 6.73. The van der Waals surface area contributed by atoms with E-state index < -0.39 is 18.5 Å². The molecule has 0 fully saturated rings. The van der Waals surface area contributed by atoms with E-state index in [4.69, 9.17) is 9.47 Å². The van der Waals surface area contributed by atoms with Crippen LogP contribution >= 0.6 is 0 Å². The number of carbonyl (C=O) groups is 3. The molecule has 2 rings (SSSR count). The zero-order valence-electron chi connectivity index (χ0n) is 14.6. The summed E-state index contributed by atoms with van der Waals surface area (Å²) >= 11 is 0. The number of likely N-dealkylation sites (N-methyl/N-ethyl adjacent to an activating group) is 2. The molecule has 136 valence electrons. The summed E-state index contributed by atoms with van der Waals surface area (Å²) in [5, 5.41) is 2.41. The van der Waals surface area contributed by atoms with E-state index in [0.29, 0.717) is 17.1 Å². The molecular weight excluding hydrogens is 336 g/mol. The predicted octanol–water partition coefficient (Wildman–Crippen LogP) is 1.84. The van der Waals surface area contributed by atoms with Gasteiger partial charge in [0, 0.05) is 14.1 Å². The van der Waals surface area contributed by atoms with Crippen molar-refractivity contribution in [2.24, 2.45) is 0 Å². The largest absolute Gasteiger partial charge is 0.457 e. The van der Waals surface area contributed by atoms with E-state index in [1.54, 1.807) is 24.3 Å². The molecule has 1 N–H and O–H groups in total. The zero-order chi connectivity index (χ0) is 18.9. The van der Waals surface area contributed by atoms with Crippen LogP contribution in [0.1, 0.15) is 10.4 Å². The third-order valence-electron chi connectivity index (χ3n) is 3.48. The van der Waals surface area contributed by atoms with E-state index in [9.17, 15) is 14.4 Å². The summed E-state index contributed by atoms with van der Waals surface area (Å²) in [4.78, 5) is 36.3. The number of rotatable bonds is 7. The SMILES string of the molecule is CNC(=O)CN(C)C(=O)COC(=O)c1ccc(Oc2ccccc2)cc1. The number of hydrogen-bond acceptors (Lipinski definition) is 5. The number of para-hydroxylation sites is 1. The fourth-order valence-electron chi connectivity index (χ4n) is 1.99. The Hall–Kier alpha value is -3.35. The van der Waals surface area contributed by atoms with Gasteiger partial charge in [-0.3, -0.25) is 9.59 Å². The highest BCUT2D eigenvalue weighted by atomic mass is 16.5. The van der Waals surface area contributed by atoms with Crippen LogP contribution in [0.2, 0.25) is 0 Å². The molecule has 0 saturated heterocycles. The summed E-state index contributed by atoms with van der Waals surface area (Å²) in [6.45, 7) is -0.535. The van der Waals surface area contributed by atoms with Gasteiger partial charge in [0.2, 0.25) is 5.91 Å². The molecule has 7 heteroatoms. The molecule has 2 amide bonds. The monoisotopic (exact) mass is 356 g/mol. The van der Waals surface area contributed by atoms with E-state index >= 15 is 0 Å². The number of carbonyl (C=O) groups excluding carboxylic acids is 3. The summed E-state index contributed by atoms with van der Waals surface area (Å²) in [5.41, 5.74) is 0.298. The van der Waals surface area contributed by atoms with Crippen LogP contribution < -0.4 is 10.1 Å². The number of amides is 2. The smallest absolute Gasteiger partial charge is 0.338 e. The normalized spacial score (nSPS) is 9.92. The van der Waals surface area contributed by atoms with Crippen LogP contribution in [0.3, 0.4) is 0 Å². The average molecular weight is 356 g/mol. The Morgan fingerprint density at radius 2 is 1.58 bits per heavy atom. The Labute approximate surface area is 151 Å². The first-order valence-electron chi connectivity index (χ1n) is 7.94. The minimum atomic E-state index is -0.627. The fraction of sp³-hybridized carbons (Fsp3) is 0.211. The number of nitrogens with zero attached hydrogens (tertiary/aromatic N) is 1. The summed E-state index contributed by atoms with van der Waals surface area (Å²) in [6, 6.07) is 15.6. The van der Waals surface area contributed by atoms with Gasteiger partial charge in [-0.1, -0.05) is 18.2 Å². The number of ether oxygens (including phenoxy) is 2. The molecule has 26 heavy (non-hydrogen) atoms. The highest BCUT2D eigenvalue weighted by molar-refractivity contribution is 5.92. The third-order valence-corrected chi connectivity index (χ3v) is 3.48. The van der Waals surface area contributed by atoms with Crippen molar-refractivity contribution in [2.75, 3.05) is 27.2 Å². The van der Waals surface area contributed by atoms with E-state index in [2.05, 4.69) is 5.32 Å². The maximum Gasteiger partial charge on any atom is 0.338 e. The Bertz CT molecular complexity index is 759. The second kappa shape index (κ2) is 9.22. The van der Waals surface area contributed by atoms with Crippen molar-refractivity contribution in [3.05, 3.63) is 60.2 Å². The summed E-state index contributed by atoms with van der Waals surface area (Å²) in [5.74, 6) is -0.133. The molecule has 0 aromatic heterocycles. The van der Waals surface area contributed by atoms with E-state index in [0.717, 1.165) is 0 Å². The second-order valence-corrected chi connectivity index (χ2v) is 5.44. The van der Waals surface area contributed by atoms with Crippen LogP contribution in [0, 0.1) is 0 Å². The van der Waals surface area contributed by atoms with Crippen molar-refractivity contribution < 1.29 is 23.9 Å². The molecule has 0 atom stereocenters. The van der Waals surface area contributed by atoms with Gasteiger partial charge in [-0.25, -0.2) is 4.79 Å². The third kappa shape index (κ3) is 5.62. The van der Waals surface area contributed by atoms with Gasteiger partial charge < -0.3 is 19.7 Å². The molecule has 0 radical (unpaired) electrons. The Balaban J connectivity index is 1.85. The minimum absolute atomic E-state index is 0.0988. The highest BCUT2D eigenvalue weighted by Crippen LogP contribution is 2.21. The number of benzene rings is 2. The van der Waals surface area contributed by atoms with Gasteiger partial charge in [-0.05, 0) is 36.4 Å². The van der Waals surface area contributed by atoms with E-state index in [-0.39, 0.29) is 12.5 Å². The number of nitrogens with one attached hydrogen (secondary N) is 1. The quantitative estimate of drug-likeness (QED) is 0.765. The van der Waals surface area contributed by atoms with Crippen molar-refractivity contribution >= 4 is 17.8 Å². The number of hydrogen-bond donors (Lipinski definition) is 1. The lowest BCUT2D eigenvalue weighted by Crippen LogP contribution is -2.39. The molecular formula is C19H20N2O5. The lowest BCUT2D eigenvalue weighted by molar-refractivity contribution is -0.137. The van der Waals surface area contributed by atoms with Crippen molar-refractivity contribution in [2.45, 2.75) is 0 Å². The maximum atomic E-state index is 12.0. The molecule has 0 aliphatic carbocycles. The zero-order valence-corrected chi connectivity index (χ0v) is 14.6. The first-order chi connectivity index (χ1) is 12.5. The van der Waals surface area contributed by atoms with Crippen molar-refractivity contribution in [1.82, 2.24) is 10.2 Å². The maximum absolute atomic E-state index is 12.0. The van der Waals surface area contributed by atoms with Crippen LogP contribution in [0.5, 0.6) is 11.5 Å². The van der Waals surface area contributed by atoms with E-state index in [1.807, 2.05) is 30.3 Å². The predicted molar refractivity (Wildman–Crippen MR) is 94.9 cm³/mol. The highest BCUT2D eigenvalue weighted by Gasteiger charge is 2.15. The second-order valence-electron chi connectivity index (χ2n) is 5.44. The summed E-state index contributed by atoms with van der Waals surface area (Å²) in [7, 11) is 2.94. The van der Waals surface area contributed by atoms with Gasteiger partial charge >= 0.3 is 5.97 Å². The van der Waals surface area contributed by atoms with Gasteiger partial charge in [-0.15, -0.1) is 0 Å². The molecule has 0 saturated carbocycles. The van der Waals surface area contributed by atoms with Crippen LogP contribution in [0.25, 0.3) is 0 Å². The summed E-state index contributed by atoms with van der Waals surface area (Å²) < 4.78 is 10.6. The van der Waals surface area contributed by atoms with Crippen LogP contribution in [0.4, 0.5) is 0 Å². The molecule has 0 spiro atoms. The minimum Gasteiger partial charge on any atom is -0.457 e. The summed E-state index contributed by atoms with van der Waals surface area (Å²) in [6.07, 6.45) is 0. The first kappa shape index (κ1) is 19.0. The molecule has 0 bridgehead atoms. The van der Waals surface area contributed by atoms with Crippen LogP contribution in [-0.4, -0.2) is 49.9 Å². The van der Waals surface area contributed by atoms with Crippen molar-refractivity contribution in [1.29, 1.82) is 0 Å². The van der Waals surface area contributed by atoms with Gasteiger partial charge in [0.15, 0.2) is 6.61 Å². The Morgan fingerprint density at radius 3 is 2.19 bits per heavy atom. The fourth-order valence-corrected chi connectivity index (χ4v) is 1.99. The first-order valence-corrected chi connectivity index (χ1v) is 7.94. The van der Waals surface area contributed by atoms with Crippen LogP contribution in [0.15, 0.2) is 54.6 Å². The van der Waals surface area contributed by atoms with Gasteiger partial charge in [0.1, 0.15) is 11.5 Å². The molecule has 0 aliphatic heterocycles. The molecule has 0 aliphatic rings. The molecule has 0 heterocycles. The topological polar surface area (TPSA) is 84.9 Å². The Morgan fingerprint density at radius 1 is 0.962 bits per heavy atom. The van der Waals surface area contributed by atoms with E-state index in [1.165, 1.54) is 19.0 Å². The molecule has 0 unspecified atom stereocenters. The molecule has 2 aromatic carbocycles. The lowest BCUT2D eigenvalue weighted by atomic mass is 10.2. The molecule has 7 nitrogen and oxygen atoms in total. The van der Waals surface area contributed by atoms with Gasteiger partial charge in [0.05, 0.1) is 12.1 Å². The van der Waals surface area contributed by atoms with Gasteiger partial charge in [0.25, 0.3) is 5.91 Å². The van der Waals surface area contributed by atoms with Crippen molar-refractivity contribution in [3.63, 3.8) is 0 Å².